The average Bonchev–Trinajstić information content (AvgIpc) is 2.46. The molecule has 0 aromatic heterocycles. The van der Waals surface area contributed by atoms with Gasteiger partial charge in [-0.3, -0.25) is 4.79 Å². The van der Waals surface area contributed by atoms with E-state index in [1.54, 1.807) is 12.3 Å². The molecule has 0 radical (unpaired) electrons. The van der Waals surface area contributed by atoms with Gasteiger partial charge < -0.3 is 5.32 Å². The maximum atomic E-state index is 12.0. The highest BCUT2D eigenvalue weighted by molar-refractivity contribution is 6.06. The second-order valence-electron chi connectivity index (χ2n) is 4.57. The van der Waals surface area contributed by atoms with Gasteiger partial charge in [-0.2, -0.15) is 0 Å². The van der Waals surface area contributed by atoms with Gasteiger partial charge >= 0.3 is 0 Å². The molecule has 2 aromatic carbocycles. The number of nitrogens with one attached hydrogen (secondary N) is 1. The molecule has 0 fully saturated rings. The minimum atomic E-state index is 0.0368. The van der Waals surface area contributed by atoms with Crippen molar-refractivity contribution in [2.45, 2.75) is 19.8 Å². The highest BCUT2D eigenvalue weighted by Crippen LogP contribution is 2.16. The van der Waals surface area contributed by atoms with E-state index in [2.05, 4.69) is 12.2 Å². The molecule has 0 aliphatic carbocycles. The van der Waals surface area contributed by atoms with E-state index in [9.17, 15) is 4.79 Å². The van der Waals surface area contributed by atoms with Crippen molar-refractivity contribution >= 4 is 16.6 Å². The lowest BCUT2D eigenvalue weighted by atomic mass is 10.0. The number of carbonyl (C=O) groups excluding carboxylic acids is 1. The van der Waals surface area contributed by atoms with E-state index < -0.39 is 0 Å². The highest BCUT2D eigenvalue weighted by atomic mass is 16.1. The number of allylic oxidation sites excluding steroid dienone is 1. The Labute approximate surface area is 114 Å². The van der Waals surface area contributed by atoms with Crippen molar-refractivity contribution in [1.29, 1.82) is 0 Å². The van der Waals surface area contributed by atoms with E-state index in [-0.39, 0.29) is 5.78 Å². The van der Waals surface area contributed by atoms with E-state index in [0.717, 1.165) is 35.7 Å². The van der Waals surface area contributed by atoms with Crippen molar-refractivity contribution in [3.05, 3.63) is 60.3 Å². The molecular weight excluding hydrogens is 234 g/mol. The number of carbonyl (C=O) groups is 1. The molecule has 0 aliphatic heterocycles. The van der Waals surface area contributed by atoms with Crippen molar-refractivity contribution < 1.29 is 4.79 Å². The summed E-state index contributed by atoms with van der Waals surface area (Å²) in [6.45, 7) is 3.06. The van der Waals surface area contributed by atoms with Crippen molar-refractivity contribution in [2.24, 2.45) is 0 Å². The lowest BCUT2D eigenvalue weighted by Gasteiger charge is -2.01. The number of unbranched alkanes of at least 4 members (excludes halogenated alkanes) is 1. The first kappa shape index (κ1) is 13.3. The van der Waals surface area contributed by atoms with Crippen LogP contribution < -0.4 is 5.32 Å². The van der Waals surface area contributed by atoms with Gasteiger partial charge in [0.1, 0.15) is 0 Å². The summed E-state index contributed by atoms with van der Waals surface area (Å²) in [5.41, 5.74) is 0.729. The topological polar surface area (TPSA) is 29.1 Å². The van der Waals surface area contributed by atoms with Crippen LogP contribution in [0.4, 0.5) is 0 Å². The molecule has 2 rings (SSSR count). The fourth-order valence-electron chi connectivity index (χ4n) is 1.94. The first-order chi connectivity index (χ1) is 9.31. The van der Waals surface area contributed by atoms with Gasteiger partial charge in [0.2, 0.25) is 0 Å². The summed E-state index contributed by atoms with van der Waals surface area (Å²) in [6.07, 6.45) is 5.61. The standard InChI is InChI=1S/C17H19NO/c1-2-3-11-18-12-10-17(19)16-9-8-14-6-4-5-7-15(14)13-16/h4-10,12-13,18H,2-3,11H2,1H3/b12-10-. The summed E-state index contributed by atoms with van der Waals surface area (Å²) in [5, 5.41) is 5.38. The molecule has 2 heteroatoms. The Kier molecular flexibility index (Phi) is 4.73. The molecule has 98 valence electrons. The van der Waals surface area contributed by atoms with Gasteiger partial charge in [0.25, 0.3) is 0 Å². The quantitative estimate of drug-likeness (QED) is 0.480. The highest BCUT2D eigenvalue weighted by Gasteiger charge is 2.02. The summed E-state index contributed by atoms with van der Waals surface area (Å²) < 4.78 is 0. The van der Waals surface area contributed by atoms with Crippen LogP contribution in [0.25, 0.3) is 10.8 Å². The molecule has 0 amide bonds. The third-order valence-electron chi connectivity index (χ3n) is 3.06. The van der Waals surface area contributed by atoms with Crippen LogP contribution in [-0.4, -0.2) is 12.3 Å². The van der Waals surface area contributed by atoms with Gasteiger partial charge in [0.15, 0.2) is 5.78 Å². The number of benzene rings is 2. The van der Waals surface area contributed by atoms with E-state index in [0.29, 0.717) is 0 Å². The molecule has 0 bridgehead atoms. The first-order valence-corrected chi connectivity index (χ1v) is 6.74. The monoisotopic (exact) mass is 253 g/mol. The van der Waals surface area contributed by atoms with Crippen LogP contribution in [0.3, 0.4) is 0 Å². The fourth-order valence-corrected chi connectivity index (χ4v) is 1.94. The number of ketones is 1. The van der Waals surface area contributed by atoms with Crippen LogP contribution in [0.1, 0.15) is 30.1 Å². The predicted molar refractivity (Wildman–Crippen MR) is 80.3 cm³/mol. The molecule has 0 heterocycles. The third-order valence-corrected chi connectivity index (χ3v) is 3.06. The Morgan fingerprint density at radius 3 is 2.74 bits per heavy atom. The Balaban J connectivity index is 2.04. The Morgan fingerprint density at radius 2 is 1.95 bits per heavy atom. The molecule has 1 N–H and O–H groups in total. The molecule has 0 aliphatic rings. The smallest absolute Gasteiger partial charge is 0.187 e. The summed E-state index contributed by atoms with van der Waals surface area (Å²) in [4.78, 5) is 12.0. The lowest BCUT2D eigenvalue weighted by molar-refractivity contribution is 0.104. The van der Waals surface area contributed by atoms with E-state index in [1.165, 1.54) is 0 Å². The molecule has 19 heavy (non-hydrogen) atoms. The van der Waals surface area contributed by atoms with Gasteiger partial charge in [0.05, 0.1) is 0 Å². The van der Waals surface area contributed by atoms with Gasteiger partial charge in [-0.05, 0) is 23.3 Å². The van der Waals surface area contributed by atoms with Gasteiger partial charge in [-0.15, -0.1) is 0 Å². The van der Waals surface area contributed by atoms with E-state index in [1.807, 2.05) is 42.5 Å². The van der Waals surface area contributed by atoms with Crippen molar-refractivity contribution in [2.75, 3.05) is 6.54 Å². The summed E-state index contributed by atoms with van der Waals surface area (Å²) in [5.74, 6) is 0.0368. The molecule has 0 saturated heterocycles. The minimum absolute atomic E-state index is 0.0368. The van der Waals surface area contributed by atoms with Gasteiger partial charge in [-0.25, -0.2) is 0 Å². The average molecular weight is 253 g/mol. The Morgan fingerprint density at radius 1 is 1.16 bits per heavy atom. The van der Waals surface area contributed by atoms with Crippen LogP contribution in [0.2, 0.25) is 0 Å². The maximum absolute atomic E-state index is 12.0. The zero-order valence-corrected chi connectivity index (χ0v) is 11.2. The predicted octanol–water partition coefficient (Wildman–Crippen LogP) is 3.93. The van der Waals surface area contributed by atoms with Crippen LogP contribution in [-0.2, 0) is 0 Å². The van der Waals surface area contributed by atoms with Crippen molar-refractivity contribution in [3.63, 3.8) is 0 Å². The number of fused-ring (bicyclic) bond motifs is 1. The minimum Gasteiger partial charge on any atom is -0.391 e. The summed E-state index contributed by atoms with van der Waals surface area (Å²) >= 11 is 0. The number of hydrogen-bond donors (Lipinski definition) is 1. The molecule has 0 spiro atoms. The Bertz CT molecular complexity index is 587. The molecular formula is C17H19NO. The summed E-state index contributed by atoms with van der Waals surface area (Å²) in [6, 6.07) is 13.9. The van der Waals surface area contributed by atoms with Crippen LogP contribution in [0.5, 0.6) is 0 Å². The SMILES string of the molecule is CCCCN/C=C\C(=O)c1ccc2ccccc2c1. The zero-order valence-electron chi connectivity index (χ0n) is 11.2. The van der Waals surface area contributed by atoms with Crippen LogP contribution in [0.15, 0.2) is 54.7 Å². The molecule has 2 aromatic rings. The van der Waals surface area contributed by atoms with Crippen molar-refractivity contribution in [1.82, 2.24) is 5.32 Å². The van der Waals surface area contributed by atoms with E-state index >= 15 is 0 Å². The number of rotatable bonds is 6. The molecule has 0 atom stereocenters. The molecule has 0 unspecified atom stereocenters. The van der Waals surface area contributed by atoms with Gasteiger partial charge in [-0.1, -0.05) is 49.7 Å². The largest absolute Gasteiger partial charge is 0.391 e. The molecule has 0 saturated carbocycles. The summed E-state index contributed by atoms with van der Waals surface area (Å²) in [7, 11) is 0. The van der Waals surface area contributed by atoms with Crippen LogP contribution in [0, 0.1) is 0 Å². The maximum Gasteiger partial charge on any atom is 0.187 e. The fraction of sp³-hybridized carbons (Fsp3) is 0.235. The zero-order chi connectivity index (χ0) is 13.5. The normalized spacial score (nSPS) is 11.0. The second-order valence-corrected chi connectivity index (χ2v) is 4.57. The lowest BCUT2D eigenvalue weighted by Crippen LogP contribution is -2.07. The van der Waals surface area contributed by atoms with Crippen molar-refractivity contribution in [3.8, 4) is 0 Å². The number of hydrogen-bond acceptors (Lipinski definition) is 2. The molecule has 2 nitrogen and oxygen atoms in total. The third kappa shape index (κ3) is 3.68. The Hall–Kier alpha value is -2.09. The van der Waals surface area contributed by atoms with Gasteiger partial charge in [0, 0.05) is 24.4 Å². The second kappa shape index (κ2) is 6.74. The van der Waals surface area contributed by atoms with Crippen LogP contribution >= 0.6 is 0 Å². The van der Waals surface area contributed by atoms with E-state index in [4.69, 9.17) is 0 Å². The first-order valence-electron chi connectivity index (χ1n) is 6.74.